The van der Waals surface area contributed by atoms with Crippen LogP contribution in [0.5, 0.6) is 0 Å². The molecule has 0 aromatic heterocycles. The summed E-state index contributed by atoms with van der Waals surface area (Å²) in [6.07, 6.45) is -6.93. The molecule has 1 heterocycles. The molecule has 0 amide bonds. The number of hydrogen-bond donors (Lipinski definition) is 6. The highest BCUT2D eigenvalue weighted by Crippen LogP contribution is 2.71. The van der Waals surface area contributed by atoms with Crippen LogP contribution in [-0.2, 0) is 19.1 Å². The second kappa shape index (κ2) is 8.56. The third kappa shape index (κ3) is 3.35. The van der Waals surface area contributed by atoms with Gasteiger partial charge in [-0.2, -0.15) is 0 Å². The van der Waals surface area contributed by atoms with Crippen LogP contribution in [0.1, 0.15) is 52.4 Å². The van der Waals surface area contributed by atoms with Gasteiger partial charge in [0.05, 0.1) is 24.2 Å². The topological polar surface area (TPSA) is 174 Å². The highest BCUT2D eigenvalue weighted by molar-refractivity contribution is 6.03. The molecule has 1 saturated heterocycles. The monoisotopic (exact) mass is 510 g/mol. The second-order valence-electron chi connectivity index (χ2n) is 12.3. The minimum absolute atomic E-state index is 0.0797. The number of carbonyl (C=O) groups excluding carboxylic acids is 2. The van der Waals surface area contributed by atoms with Crippen LogP contribution in [0.2, 0.25) is 0 Å². The number of ether oxygens (including phenoxy) is 2. The summed E-state index contributed by atoms with van der Waals surface area (Å²) < 4.78 is 10.9. The van der Waals surface area contributed by atoms with Crippen molar-refractivity contribution in [2.45, 2.75) is 95.3 Å². The molecule has 1 aliphatic heterocycles. The smallest absolute Gasteiger partial charge is 0.314 e. The molecule has 0 radical (unpaired) electrons. The summed E-state index contributed by atoms with van der Waals surface area (Å²) in [5.41, 5.74) is -2.36. The number of aliphatic hydroxyl groups is 6. The molecule has 36 heavy (non-hydrogen) atoms. The third-order valence-electron chi connectivity index (χ3n) is 10.4. The van der Waals surface area contributed by atoms with Gasteiger partial charge in [-0.3, -0.25) is 9.59 Å². The molecule has 5 aliphatic rings. The van der Waals surface area contributed by atoms with E-state index in [9.17, 15) is 40.2 Å². The maximum absolute atomic E-state index is 13.7. The van der Waals surface area contributed by atoms with E-state index in [2.05, 4.69) is 6.58 Å². The van der Waals surface area contributed by atoms with Gasteiger partial charge in [-0.05, 0) is 55.9 Å². The summed E-state index contributed by atoms with van der Waals surface area (Å²) >= 11 is 0. The van der Waals surface area contributed by atoms with Gasteiger partial charge in [-0.15, -0.1) is 0 Å². The normalized spacial score (nSPS) is 54.6. The summed E-state index contributed by atoms with van der Waals surface area (Å²) in [4.78, 5) is 27.1. The minimum Gasteiger partial charge on any atom is -0.432 e. The van der Waals surface area contributed by atoms with Crippen LogP contribution in [0.15, 0.2) is 12.2 Å². The molecule has 10 heteroatoms. The number of esters is 1. The largest absolute Gasteiger partial charge is 0.432 e. The fraction of sp³-hybridized carbons (Fsp3) is 0.846. The number of allylic oxidation sites excluding steroid dienone is 1. The standard InChI is InChI=1S/C26H38O10/c1-11-12-7-13(28)20-24(2)5-4-6-25(3,19(24)14(29)9-26(20,8-12)21(11)33)23(34)36-22-18(32)17(31)16(30)15(10-27)35-22/h12-20,22,27-32H,1,4-10H2,2-3H3/t12?,13?,14?,15?,16?,17?,18?,19-,20+,22?,24+,25+,26-/m0/s1. The molecule has 4 saturated carbocycles. The summed E-state index contributed by atoms with van der Waals surface area (Å²) in [7, 11) is 0. The number of ketones is 1. The minimum atomic E-state index is -1.73. The van der Waals surface area contributed by atoms with E-state index in [0.717, 1.165) is 0 Å². The Morgan fingerprint density at radius 2 is 1.72 bits per heavy atom. The first-order chi connectivity index (χ1) is 16.8. The van der Waals surface area contributed by atoms with Crippen molar-refractivity contribution < 1.29 is 49.7 Å². The maximum atomic E-state index is 13.7. The molecule has 0 aromatic rings. The molecule has 0 aromatic carbocycles. The van der Waals surface area contributed by atoms with Gasteiger partial charge in [0.2, 0.25) is 6.29 Å². The van der Waals surface area contributed by atoms with Crippen LogP contribution in [0, 0.1) is 34.0 Å². The lowest BCUT2D eigenvalue weighted by molar-refractivity contribution is -0.300. The lowest BCUT2D eigenvalue weighted by Crippen LogP contribution is -2.67. The Morgan fingerprint density at radius 1 is 1.03 bits per heavy atom. The van der Waals surface area contributed by atoms with Crippen molar-refractivity contribution >= 4 is 11.8 Å². The summed E-state index contributed by atoms with van der Waals surface area (Å²) in [6.45, 7) is 6.98. The van der Waals surface area contributed by atoms with Gasteiger partial charge >= 0.3 is 5.97 Å². The summed E-state index contributed by atoms with van der Waals surface area (Å²) in [5.74, 6) is -2.00. The van der Waals surface area contributed by atoms with Crippen LogP contribution >= 0.6 is 0 Å². The van der Waals surface area contributed by atoms with Gasteiger partial charge in [0.25, 0.3) is 0 Å². The van der Waals surface area contributed by atoms with Gasteiger partial charge in [0.15, 0.2) is 5.78 Å². The molecule has 1 spiro atoms. The van der Waals surface area contributed by atoms with E-state index in [0.29, 0.717) is 37.7 Å². The van der Waals surface area contributed by atoms with Crippen molar-refractivity contribution in [1.82, 2.24) is 0 Å². The molecule has 202 valence electrons. The first-order valence-electron chi connectivity index (χ1n) is 12.9. The number of rotatable bonds is 3. The third-order valence-corrected chi connectivity index (χ3v) is 10.4. The van der Waals surface area contributed by atoms with E-state index in [1.165, 1.54) is 0 Å². The first-order valence-corrected chi connectivity index (χ1v) is 12.9. The van der Waals surface area contributed by atoms with Crippen molar-refractivity contribution in [3.8, 4) is 0 Å². The number of hydrogen-bond acceptors (Lipinski definition) is 10. The summed E-state index contributed by atoms with van der Waals surface area (Å²) in [5, 5.41) is 62.8. The Bertz CT molecular complexity index is 951. The lowest BCUT2D eigenvalue weighted by atomic mass is 9.39. The molecule has 4 aliphatic carbocycles. The average molecular weight is 511 g/mol. The van der Waals surface area contributed by atoms with Crippen molar-refractivity contribution in [3.05, 3.63) is 12.2 Å². The van der Waals surface area contributed by atoms with Crippen molar-refractivity contribution in [2.24, 2.45) is 34.0 Å². The van der Waals surface area contributed by atoms with E-state index >= 15 is 0 Å². The van der Waals surface area contributed by atoms with Crippen LogP contribution in [0.4, 0.5) is 0 Å². The van der Waals surface area contributed by atoms with Gasteiger partial charge in [0.1, 0.15) is 24.4 Å². The molecule has 5 fully saturated rings. The predicted molar refractivity (Wildman–Crippen MR) is 123 cm³/mol. The number of fused-ring (bicyclic) bond motifs is 3. The zero-order valence-electron chi connectivity index (χ0n) is 20.7. The SMILES string of the molecule is C=C1C(=O)[C@]23CC1CC(O)[C@@H]2[C@]1(C)CCC[C@@](C)(C(=O)OC2OC(CO)C(O)C(O)C2O)[C@H]1C(O)C3. The first kappa shape index (κ1) is 26.2. The fourth-order valence-corrected chi connectivity index (χ4v) is 9.04. The number of aliphatic hydroxyl groups excluding tert-OH is 6. The van der Waals surface area contributed by atoms with Crippen LogP contribution in [0.3, 0.4) is 0 Å². The Morgan fingerprint density at radius 3 is 2.39 bits per heavy atom. The predicted octanol–water partition coefficient (Wildman–Crippen LogP) is -0.581. The van der Waals surface area contributed by atoms with Crippen LogP contribution in [-0.4, -0.2) is 91.9 Å². The van der Waals surface area contributed by atoms with E-state index in [-0.39, 0.29) is 18.1 Å². The number of Topliss-reactive ketones (excluding diaryl/α,β-unsaturated/α-hetero) is 1. The Hall–Kier alpha value is -1.40. The number of carbonyl (C=O) groups is 2. The molecule has 5 rings (SSSR count). The highest BCUT2D eigenvalue weighted by atomic mass is 16.7. The summed E-state index contributed by atoms with van der Waals surface area (Å²) in [6, 6.07) is 0. The molecule has 10 nitrogen and oxygen atoms in total. The lowest BCUT2D eigenvalue weighted by Gasteiger charge is -2.65. The maximum Gasteiger partial charge on any atom is 0.314 e. The van der Waals surface area contributed by atoms with Gasteiger partial charge in [-0.1, -0.05) is 19.9 Å². The zero-order chi connectivity index (χ0) is 26.4. The quantitative estimate of drug-likeness (QED) is 0.213. The Kier molecular flexibility index (Phi) is 6.23. The van der Waals surface area contributed by atoms with E-state index in [1.807, 2.05) is 6.92 Å². The van der Waals surface area contributed by atoms with Gasteiger partial charge in [-0.25, -0.2) is 0 Å². The molecule has 8 unspecified atom stereocenters. The van der Waals surface area contributed by atoms with Gasteiger partial charge in [0, 0.05) is 17.3 Å². The van der Waals surface area contributed by atoms with E-state index in [1.54, 1.807) is 6.92 Å². The van der Waals surface area contributed by atoms with Crippen LogP contribution < -0.4 is 0 Å². The Balaban J connectivity index is 1.47. The van der Waals surface area contributed by atoms with Crippen molar-refractivity contribution in [1.29, 1.82) is 0 Å². The van der Waals surface area contributed by atoms with Crippen LogP contribution in [0.25, 0.3) is 0 Å². The van der Waals surface area contributed by atoms with E-state index in [4.69, 9.17) is 9.47 Å². The zero-order valence-corrected chi connectivity index (χ0v) is 20.7. The molecule has 2 bridgehead atoms. The fourth-order valence-electron chi connectivity index (χ4n) is 9.04. The molecule has 13 atom stereocenters. The second-order valence-corrected chi connectivity index (χ2v) is 12.3. The Labute approximate surface area is 209 Å². The van der Waals surface area contributed by atoms with Gasteiger partial charge < -0.3 is 40.1 Å². The van der Waals surface area contributed by atoms with Crippen molar-refractivity contribution in [3.63, 3.8) is 0 Å². The van der Waals surface area contributed by atoms with E-state index < -0.39 is 83.6 Å². The van der Waals surface area contributed by atoms with Crippen molar-refractivity contribution in [2.75, 3.05) is 6.61 Å². The molecular weight excluding hydrogens is 472 g/mol. The average Bonchev–Trinajstić information content (AvgIpc) is 2.99. The molecular formula is C26H38O10. The molecule has 6 N–H and O–H groups in total. The highest BCUT2D eigenvalue weighted by Gasteiger charge is 2.72.